The van der Waals surface area contributed by atoms with E-state index in [9.17, 15) is 10.0 Å². The van der Waals surface area contributed by atoms with Gasteiger partial charge in [0.1, 0.15) is 12.4 Å². The number of aryl methyl sites for hydroxylation is 2. The van der Waals surface area contributed by atoms with E-state index in [1.54, 1.807) is 24.3 Å². The van der Waals surface area contributed by atoms with Crippen molar-refractivity contribution >= 4 is 12.6 Å². The molecule has 5 heteroatoms. The van der Waals surface area contributed by atoms with E-state index in [1.807, 2.05) is 26.0 Å². The van der Waals surface area contributed by atoms with Crippen LogP contribution < -0.4 is 10.2 Å². The second kappa shape index (κ2) is 6.44. The molecule has 0 aliphatic rings. The van der Waals surface area contributed by atoms with Crippen LogP contribution in [0.15, 0.2) is 36.4 Å². The van der Waals surface area contributed by atoms with Gasteiger partial charge in [0.15, 0.2) is 0 Å². The van der Waals surface area contributed by atoms with E-state index in [1.165, 1.54) is 0 Å². The van der Waals surface area contributed by atoms with E-state index >= 15 is 0 Å². The predicted molar refractivity (Wildman–Crippen MR) is 81.2 cm³/mol. The highest BCUT2D eigenvalue weighted by Crippen LogP contribution is 2.15. The third-order valence-electron chi connectivity index (χ3n) is 3.30. The molecule has 0 aromatic heterocycles. The van der Waals surface area contributed by atoms with Gasteiger partial charge in [0.2, 0.25) is 0 Å². The molecule has 0 spiro atoms. The first-order valence-corrected chi connectivity index (χ1v) is 6.60. The topological polar surface area (TPSA) is 73.5 Å². The largest absolute Gasteiger partial charge is 0.492 e. The van der Waals surface area contributed by atoms with Crippen LogP contribution in [0.1, 0.15) is 22.3 Å². The van der Waals surface area contributed by atoms with Crippen LogP contribution >= 0.6 is 0 Å². The van der Waals surface area contributed by atoms with Crippen molar-refractivity contribution < 1.29 is 14.8 Å². The van der Waals surface area contributed by atoms with Gasteiger partial charge in [-0.3, -0.25) is 0 Å². The third-order valence-corrected chi connectivity index (χ3v) is 3.30. The summed E-state index contributed by atoms with van der Waals surface area (Å²) in [5, 5.41) is 27.6. The Morgan fingerprint density at radius 2 is 1.90 bits per heavy atom. The van der Waals surface area contributed by atoms with Crippen molar-refractivity contribution in [2.45, 2.75) is 20.5 Å². The average Bonchev–Trinajstić information content (AvgIpc) is 2.46. The highest BCUT2D eigenvalue weighted by molar-refractivity contribution is 6.59. The van der Waals surface area contributed by atoms with Gasteiger partial charge in [-0.2, -0.15) is 5.26 Å². The molecule has 0 saturated heterocycles. The van der Waals surface area contributed by atoms with Crippen LogP contribution in [0.25, 0.3) is 0 Å². The van der Waals surface area contributed by atoms with Crippen LogP contribution in [0.4, 0.5) is 0 Å². The zero-order valence-electron chi connectivity index (χ0n) is 12.0. The van der Waals surface area contributed by atoms with Gasteiger partial charge in [-0.05, 0) is 43.2 Å². The van der Waals surface area contributed by atoms with Gasteiger partial charge in [0.25, 0.3) is 0 Å². The molecule has 2 aromatic carbocycles. The van der Waals surface area contributed by atoms with Crippen molar-refractivity contribution in [2.24, 2.45) is 0 Å². The van der Waals surface area contributed by atoms with Crippen molar-refractivity contribution in [3.8, 4) is 11.8 Å². The van der Waals surface area contributed by atoms with Crippen LogP contribution in [0, 0.1) is 25.2 Å². The molecule has 0 fully saturated rings. The first kappa shape index (κ1) is 15.1. The maximum absolute atomic E-state index is 9.39. The maximum atomic E-state index is 9.39. The summed E-state index contributed by atoms with van der Waals surface area (Å²) in [6.45, 7) is 4.09. The second-order valence-electron chi connectivity index (χ2n) is 4.96. The Bertz CT molecular complexity index is 692. The van der Waals surface area contributed by atoms with Crippen molar-refractivity contribution in [3.63, 3.8) is 0 Å². The number of ether oxygens (including phenoxy) is 1. The molecule has 0 amide bonds. The fourth-order valence-electron chi connectivity index (χ4n) is 2.08. The summed E-state index contributed by atoms with van der Waals surface area (Å²) in [6, 6.07) is 12.7. The molecule has 2 N–H and O–H groups in total. The highest BCUT2D eigenvalue weighted by Gasteiger charge is 2.17. The van der Waals surface area contributed by atoms with Crippen LogP contribution in [0.3, 0.4) is 0 Å². The number of benzene rings is 2. The fourth-order valence-corrected chi connectivity index (χ4v) is 2.08. The number of hydrogen-bond acceptors (Lipinski definition) is 4. The fraction of sp³-hybridized carbons (Fsp3) is 0.188. The van der Waals surface area contributed by atoms with Gasteiger partial charge in [-0.25, -0.2) is 0 Å². The molecule has 2 rings (SSSR count). The second-order valence-corrected chi connectivity index (χ2v) is 4.96. The van der Waals surface area contributed by atoms with Crippen LogP contribution in [0.2, 0.25) is 0 Å². The first-order valence-electron chi connectivity index (χ1n) is 6.60. The molecular formula is C16H16BNO3. The van der Waals surface area contributed by atoms with Gasteiger partial charge in [-0.1, -0.05) is 23.8 Å². The van der Waals surface area contributed by atoms with E-state index in [4.69, 9.17) is 10.00 Å². The summed E-state index contributed by atoms with van der Waals surface area (Å²) in [5.41, 5.74) is 3.81. The van der Waals surface area contributed by atoms with Gasteiger partial charge in [-0.15, -0.1) is 0 Å². The lowest BCUT2D eigenvalue weighted by molar-refractivity contribution is 0.306. The Balaban J connectivity index is 2.19. The minimum atomic E-state index is -1.57. The van der Waals surface area contributed by atoms with Crippen molar-refractivity contribution in [2.75, 3.05) is 0 Å². The molecule has 4 nitrogen and oxygen atoms in total. The SMILES string of the molecule is Cc1ccc(OCc2ccc(C#N)cc2C)c(B(O)O)c1. The van der Waals surface area contributed by atoms with E-state index in [0.717, 1.165) is 16.7 Å². The third kappa shape index (κ3) is 3.63. The zero-order chi connectivity index (χ0) is 15.4. The molecule has 0 aliphatic carbocycles. The number of hydrogen-bond donors (Lipinski definition) is 2. The Labute approximate surface area is 124 Å². The molecular weight excluding hydrogens is 265 g/mol. The zero-order valence-corrected chi connectivity index (χ0v) is 12.0. The normalized spacial score (nSPS) is 10.0. The lowest BCUT2D eigenvalue weighted by Crippen LogP contribution is -2.31. The molecule has 0 aliphatic heterocycles. The minimum absolute atomic E-state index is 0.306. The van der Waals surface area contributed by atoms with Gasteiger partial charge in [0.05, 0.1) is 11.6 Å². The quantitative estimate of drug-likeness (QED) is 0.831. The molecule has 106 valence electrons. The van der Waals surface area contributed by atoms with Crippen molar-refractivity contribution in [1.29, 1.82) is 5.26 Å². The summed E-state index contributed by atoms with van der Waals surface area (Å²) >= 11 is 0. The first-order chi connectivity index (χ1) is 10.0. The Hall–Kier alpha value is -2.29. The van der Waals surface area contributed by atoms with Crippen LogP contribution in [-0.2, 0) is 6.61 Å². The van der Waals surface area contributed by atoms with Crippen LogP contribution in [-0.4, -0.2) is 17.2 Å². The highest BCUT2D eigenvalue weighted by atomic mass is 16.5. The summed E-state index contributed by atoms with van der Waals surface area (Å²) < 4.78 is 5.69. The monoisotopic (exact) mass is 281 g/mol. The molecule has 2 aromatic rings. The standard InChI is InChI=1S/C16H16BNO3/c1-11-3-6-16(15(7-11)17(19)20)21-10-14-5-4-13(9-18)8-12(14)2/h3-8,19-20H,10H2,1-2H3. The molecule has 0 bridgehead atoms. The number of rotatable bonds is 4. The maximum Gasteiger partial charge on any atom is 0.492 e. The summed E-state index contributed by atoms with van der Waals surface area (Å²) in [6.07, 6.45) is 0. The van der Waals surface area contributed by atoms with Crippen molar-refractivity contribution in [3.05, 3.63) is 58.7 Å². The van der Waals surface area contributed by atoms with E-state index in [0.29, 0.717) is 23.4 Å². The van der Waals surface area contributed by atoms with E-state index in [2.05, 4.69) is 6.07 Å². The van der Waals surface area contributed by atoms with Crippen molar-refractivity contribution in [1.82, 2.24) is 0 Å². The van der Waals surface area contributed by atoms with E-state index in [-0.39, 0.29) is 0 Å². The molecule has 0 atom stereocenters. The van der Waals surface area contributed by atoms with Gasteiger partial charge in [0, 0.05) is 5.46 Å². The smallest absolute Gasteiger partial charge is 0.489 e. The Morgan fingerprint density at radius 1 is 1.14 bits per heavy atom. The minimum Gasteiger partial charge on any atom is -0.489 e. The lowest BCUT2D eigenvalue weighted by Gasteiger charge is -2.13. The summed E-state index contributed by atoms with van der Waals surface area (Å²) in [4.78, 5) is 0. The predicted octanol–water partition coefficient (Wildman–Crippen LogP) is 1.43. The molecule has 0 radical (unpaired) electrons. The van der Waals surface area contributed by atoms with Gasteiger partial charge < -0.3 is 14.8 Å². The number of nitrogens with zero attached hydrogens (tertiary/aromatic N) is 1. The Kier molecular flexibility index (Phi) is 4.64. The summed E-state index contributed by atoms with van der Waals surface area (Å²) in [7, 11) is -1.57. The van der Waals surface area contributed by atoms with Gasteiger partial charge >= 0.3 is 7.12 Å². The molecule has 21 heavy (non-hydrogen) atoms. The van der Waals surface area contributed by atoms with E-state index < -0.39 is 7.12 Å². The summed E-state index contributed by atoms with van der Waals surface area (Å²) in [5.74, 6) is 0.444. The average molecular weight is 281 g/mol. The Morgan fingerprint density at radius 3 is 2.52 bits per heavy atom. The van der Waals surface area contributed by atoms with Crippen LogP contribution in [0.5, 0.6) is 5.75 Å². The molecule has 0 heterocycles. The lowest BCUT2D eigenvalue weighted by atomic mass is 9.79. The molecule has 0 saturated carbocycles. The number of nitriles is 1. The molecule has 0 unspecified atom stereocenters.